The summed E-state index contributed by atoms with van der Waals surface area (Å²) in [5.41, 5.74) is 5.80. The van der Waals surface area contributed by atoms with E-state index < -0.39 is 0 Å². The van der Waals surface area contributed by atoms with Gasteiger partial charge in [0.2, 0.25) is 0 Å². The zero-order chi connectivity index (χ0) is 12.1. The highest BCUT2D eigenvalue weighted by atomic mass is 32.2. The molecule has 1 aliphatic heterocycles. The van der Waals surface area contributed by atoms with Crippen LogP contribution >= 0.6 is 11.8 Å². The van der Waals surface area contributed by atoms with Gasteiger partial charge in [0.1, 0.15) is 0 Å². The third-order valence-electron chi connectivity index (χ3n) is 3.25. The van der Waals surface area contributed by atoms with Crippen LogP contribution in [0.2, 0.25) is 0 Å². The molecule has 0 aliphatic carbocycles. The third-order valence-corrected chi connectivity index (χ3v) is 4.44. The Morgan fingerprint density at radius 2 is 2.29 bits per heavy atom. The number of rotatable bonds is 5. The van der Waals surface area contributed by atoms with Crippen LogP contribution < -0.4 is 10.5 Å². The van der Waals surface area contributed by atoms with Gasteiger partial charge < -0.3 is 15.6 Å². The van der Waals surface area contributed by atoms with Crippen LogP contribution in [0.5, 0.6) is 11.5 Å². The van der Waals surface area contributed by atoms with Gasteiger partial charge in [0.05, 0.1) is 6.61 Å². The summed E-state index contributed by atoms with van der Waals surface area (Å²) in [5.74, 6) is 4.23. The fraction of sp³-hybridized carbons (Fsp3) is 0.538. The van der Waals surface area contributed by atoms with Crippen molar-refractivity contribution in [3.63, 3.8) is 0 Å². The SMILES string of the molecule is NCC(COc1ccccc1O)C1CCSC1. The number of ether oxygens (including phenoxy) is 1. The molecule has 0 spiro atoms. The van der Waals surface area contributed by atoms with Crippen molar-refractivity contribution in [2.24, 2.45) is 17.6 Å². The molecule has 1 fully saturated rings. The molecule has 1 saturated heterocycles. The van der Waals surface area contributed by atoms with Crippen LogP contribution in [0, 0.1) is 11.8 Å². The van der Waals surface area contributed by atoms with Crippen molar-refractivity contribution in [2.45, 2.75) is 6.42 Å². The van der Waals surface area contributed by atoms with Gasteiger partial charge in [-0.2, -0.15) is 11.8 Å². The van der Waals surface area contributed by atoms with Crippen LogP contribution in [0.4, 0.5) is 0 Å². The van der Waals surface area contributed by atoms with E-state index in [4.69, 9.17) is 10.5 Å². The number of hydrogen-bond donors (Lipinski definition) is 2. The summed E-state index contributed by atoms with van der Waals surface area (Å²) < 4.78 is 5.66. The van der Waals surface area contributed by atoms with E-state index in [1.807, 2.05) is 17.8 Å². The average molecular weight is 253 g/mol. The summed E-state index contributed by atoms with van der Waals surface area (Å²) in [6.07, 6.45) is 1.23. The van der Waals surface area contributed by atoms with Crippen LogP contribution in [-0.4, -0.2) is 29.8 Å². The van der Waals surface area contributed by atoms with Crippen LogP contribution in [0.25, 0.3) is 0 Å². The monoisotopic (exact) mass is 253 g/mol. The van der Waals surface area contributed by atoms with Crippen LogP contribution in [0.15, 0.2) is 24.3 Å². The predicted molar refractivity (Wildman–Crippen MR) is 71.6 cm³/mol. The molecule has 0 aromatic heterocycles. The lowest BCUT2D eigenvalue weighted by molar-refractivity contribution is 0.203. The minimum Gasteiger partial charge on any atom is -0.504 e. The molecular weight excluding hydrogens is 234 g/mol. The molecule has 4 heteroatoms. The molecule has 0 radical (unpaired) electrons. The van der Waals surface area contributed by atoms with E-state index >= 15 is 0 Å². The predicted octanol–water partition coefficient (Wildman–Crippen LogP) is 2.10. The molecule has 2 rings (SSSR count). The summed E-state index contributed by atoms with van der Waals surface area (Å²) in [5, 5.41) is 9.60. The lowest BCUT2D eigenvalue weighted by Crippen LogP contribution is -2.29. The molecule has 0 saturated carbocycles. The van der Waals surface area contributed by atoms with Gasteiger partial charge in [-0.15, -0.1) is 0 Å². The van der Waals surface area contributed by atoms with Gasteiger partial charge in [-0.25, -0.2) is 0 Å². The normalized spacial score (nSPS) is 21.4. The fourth-order valence-corrected chi connectivity index (χ4v) is 3.47. The maximum atomic E-state index is 9.60. The van der Waals surface area contributed by atoms with E-state index in [1.54, 1.807) is 18.2 Å². The first-order valence-corrected chi connectivity index (χ1v) is 7.15. The molecule has 0 amide bonds. The minimum atomic E-state index is 0.198. The molecule has 1 heterocycles. The first kappa shape index (κ1) is 12.6. The number of phenols is 1. The van der Waals surface area contributed by atoms with E-state index in [2.05, 4.69) is 0 Å². The van der Waals surface area contributed by atoms with E-state index in [0.717, 1.165) is 0 Å². The van der Waals surface area contributed by atoms with E-state index in [9.17, 15) is 5.11 Å². The largest absolute Gasteiger partial charge is 0.504 e. The summed E-state index contributed by atoms with van der Waals surface area (Å²) in [4.78, 5) is 0. The Bertz CT molecular complexity index is 353. The lowest BCUT2D eigenvalue weighted by Gasteiger charge is -2.21. The van der Waals surface area contributed by atoms with Gasteiger partial charge in [0, 0.05) is 5.92 Å². The zero-order valence-electron chi connectivity index (χ0n) is 9.84. The molecule has 1 aromatic carbocycles. The number of benzene rings is 1. The van der Waals surface area contributed by atoms with Crippen molar-refractivity contribution in [1.29, 1.82) is 0 Å². The Hall–Kier alpha value is -0.870. The molecule has 17 heavy (non-hydrogen) atoms. The van der Waals surface area contributed by atoms with Gasteiger partial charge in [0.25, 0.3) is 0 Å². The number of nitrogens with two attached hydrogens (primary N) is 1. The Balaban J connectivity index is 1.89. The maximum absolute atomic E-state index is 9.60. The van der Waals surface area contributed by atoms with Gasteiger partial charge in [0.15, 0.2) is 11.5 Å². The average Bonchev–Trinajstić information content (AvgIpc) is 2.86. The summed E-state index contributed by atoms with van der Waals surface area (Å²) in [7, 11) is 0. The molecule has 2 unspecified atom stereocenters. The Morgan fingerprint density at radius 3 is 2.94 bits per heavy atom. The second-order valence-electron chi connectivity index (χ2n) is 4.40. The van der Waals surface area contributed by atoms with E-state index in [1.165, 1.54) is 17.9 Å². The van der Waals surface area contributed by atoms with Crippen molar-refractivity contribution in [2.75, 3.05) is 24.7 Å². The molecule has 1 aliphatic rings. The third kappa shape index (κ3) is 3.30. The molecule has 0 bridgehead atoms. The van der Waals surface area contributed by atoms with Crippen molar-refractivity contribution in [1.82, 2.24) is 0 Å². The quantitative estimate of drug-likeness (QED) is 0.844. The topological polar surface area (TPSA) is 55.5 Å². The number of para-hydroxylation sites is 2. The standard InChI is InChI=1S/C13H19NO2S/c14-7-11(10-5-6-17-9-10)8-16-13-4-2-1-3-12(13)15/h1-4,10-11,15H,5-9,14H2. The van der Waals surface area contributed by atoms with E-state index in [0.29, 0.717) is 30.7 Å². The second-order valence-corrected chi connectivity index (χ2v) is 5.55. The first-order valence-electron chi connectivity index (χ1n) is 6.00. The summed E-state index contributed by atoms with van der Waals surface area (Å²) >= 11 is 1.99. The maximum Gasteiger partial charge on any atom is 0.160 e. The smallest absolute Gasteiger partial charge is 0.160 e. The van der Waals surface area contributed by atoms with Crippen LogP contribution in [0.3, 0.4) is 0 Å². The minimum absolute atomic E-state index is 0.198. The van der Waals surface area contributed by atoms with Gasteiger partial charge in [-0.1, -0.05) is 12.1 Å². The Kier molecular flexibility index (Phi) is 4.57. The number of phenolic OH excluding ortho intramolecular Hbond substituents is 1. The second kappa shape index (κ2) is 6.17. The van der Waals surface area contributed by atoms with Gasteiger partial charge >= 0.3 is 0 Å². The molecule has 94 valence electrons. The van der Waals surface area contributed by atoms with Gasteiger partial charge in [-0.05, 0) is 42.5 Å². The van der Waals surface area contributed by atoms with Crippen molar-refractivity contribution >= 4 is 11.8 Å². The summed E-state index contributed by atoms with van der Waals surface area (Å²) in [6.45, 7) is 1.25. The van der Waals surface area contributed by atoms with Crippen LogP contribution in [0.1, 0.15) is 6.42 Å². The Morgan fingerprint density at radius 1 is 1.47 bits per heavy atom. The number of hydrogen-bond acceptors (Lipinski definition) is 4. The van der Waals surface area contributed by atoms with E-state index in [-0.39, 0.29) is 5.75 Å². The first-order chi connectivity index (χ1) is 8.31. The lowest BCUT2D eigenvalue weighted by atomic mass is 9.93. The Labute approximate surface area is 106 Å². The summed E-state index contributed by atoms with van der Waals surface area (Å²) in [6, 6.07) is 7.07. The van der Waals surface area contributed by atoms with Crippen molar-refractivity contribution < 1.29 is 9.84 Å². The molecule has 2 atom stereocenters. The highest BCUT2D eigenvalue weighted by molar-refractivity contribution is 7.99. The molecule has 3 nitrogen and oxygen atoms in total. The highest BCUT2D eigenvalue weighted by Crippen LogP contribution is 2.31. The van der Waals surface area contributed by atoms with Crippen molar-refractivity contribution in [3.05, 3.63) is 24.3 Å². The molecule has 3 N–H and O–H groups in total. The number of aromatic hydroxyl groups is 1. The fourth-order valence-electron chi connectivity index (χ4n) is 2.10. The molecular formula is C13H19NO2S. The number of thioether (sulfide) groups is 1. The van der Waals surface area contributed by atoms with Gasteiger partial charge in [-0.3, -0.25) is 0 Å². The molecule has 1 aromatic rings. The highest BCUT2D eigenvalue weighted by Gasteiger charge is 2.25. The van der Waals surface area contributed by atoms with Crippen molar-refractivity contribution in [3.8, 4) is 11.5 Å². The zero-order valence-corrected chi connectivity index (χ0v) is 10.7. The van der Waals surface area contributed by atoms with Crippen LogP contribution in [-0.2, 0) is 0 Å².